The SMILES string of the molecule is CC(C)(C)[C@H]1OCCC[C@@H]1CNC(=O)C1(C(=O)O)CC1. The molecule has 0 aromatic carbocycles. The molecule has 0 aromatic heterocycles. The largest absolute Gasteiger partial charge is 0.480 e. The number of carbonyl (C=O) groups excluding carboxylic acids is 1. The number of aliphatic carboxylic acids is 1. The molecule has 1 aliphatic heterocycles. The van der Waals surface area contributed by atoms with Crippen molar-refractivity contribution in [3.05, 3.63) is 0 Å². The molecular weight excluding hydrogens is 258 g/mol. The third-order valence-electron chi connectivity index (χ3n) is 4.42. The second-order valence-electron chi connectivity index (χ2n) is 7.16. The lowest BCUT2D eigenvalue weighted by Gasteiger charge is -2.40. The Bertz CT molecular complexity index is 395. The minimum atomic E-state index is -1.15. The minimum absolute atomic E-state index is 0.0277. The second-order valence-corrected chi connectivity index (χ2v) is 7.16. The summed E-state index contributed by atoms with van der Waals surface area (Å²) in [6, 6.07) is 0. The molecule has 2 N–H and O–H groups in total. The van der Waals surface area contributed by atoms with Gasteiger partial charge in [-0.3, -0.25) is 9.59 Å². The molecule has 0 bridgehead atoms. The molecule has 114 valence electrons. The Hall–Kier alpha value is -1.10. The molecule has 1 saturated carbocycles. The molecule has 5 nitrogen and oxygen atoms in total. The third kappa shape index (κ3) is 2.97. The summed E-state index contributed by atoms with van der Waals surface area (Å²) >= 11 is 0. The summed E-state index contributed by atoms with van der Waals surface area (Å²) in [7, 11) is 0. The van der Waals surface area contributed by atoms with Gasteiger partial charge in [0.25, 0.3) is 0 Å². The molecule has 2 atom stereocenters. The average Bonchev–Trinajstić information content (AvgIpc) is 3.16. The fraction of sp³-hybridized carbons (Fsp3) is 0.867. The fourth-order valence-corrected chi connectivity index (χ4v) is 3.07. The van der Waals surface area contributed by atoms with E-state index in [1.54, 1.807) is 0 Å². The van der Waals surface area contributed by atoms with E-state index in [0.717, 1.165) is 19.4 Å². The van der Waals surface area contributed by atoms with E-state index in [-0.39, 0.29) is 23.3 Å². The van der Waals surface area contributed by atoms with Gasteiger partial charge in [0.05, 0.1) is 6.10 Å². The molecule has 1 heterocycles. The zero-order valence-electron chi connectivity index (χ0n) is 12.6. The van der Waals surface area contributed by atoms with Gasteiger partial charge >= 0.3 is 5.97 Å². The molecule has 20 heavy (non-hydrogen) atoms. The molecule has 2 rings (SSSR count). The van der Waals surface area contributed by atoms with E-state index in [0.29, 0.717) is 19.4 Å². The van der Waals surface area contributed by atoms with Gasteiger partial charge in [-0.05, 0) is 31.1 Å². The van der Waals surface area contributed by atoms with Crippen LogP contribution in [0.5, 0.6) is 0 Å². The van der Waals surface area contributed by atoms with Gasteiger partial charge in [0.15, 0.2) is 0 Å². The molecule has 0 spiro atoms. The predicted octanol–water partition coefficient (Wildman–Crippen LogP) is 1.81. The van der Waals surface area contributed by atoms with Crippen LogP contribution >= 0.6 is 0 Å². The summed E-state index contributed by atoms with van der Waals surface area (Å²) in [6.07, 6.45) is 3.03. The molecule has 0 unspecified atom stereocenters. The van der Waals surface area contributed by atoms with Gasteiger partial charge in [0.1, 0.15) is 5.41 Å². The molecule has 0 aromatic rings. The number of hydrogen-bond acceptors (Lipinski definition) is 3. The minimum Gasteiger partial charge on any atom is -0.480 e. The van der Waals surface area contributed by atoms with Crippen LogP contribution in [0.15, 0.2) is 0 Å². The number of carboxylic acids is 1. The summed E-state index contributed by atoms with van der Waals surface area (Å²) < 4.78 is 5.87. The van der Waals surface area contributed by atoms with Crippen molar-refractivity contribution in [2.24, 2.45) is 16.7 Å². The zero-order valence-corrected chi connectivity index (χ0v) is 12.6. The van der Waals surface area contributed by atoms with E-state index in [9.17, 15) is 9.59 Å². The van der Waals surface area contributed by atoms with Crippen LogP contribution in [0.3, 0.4) is 0 Å². The molecule has 1 saturated heterocycles. The number of carboxylic acid groups (broad SMARTS) is 1. The van der Waals surface area contributed by atoms with E-state index in [1.165, 1.54) is 0 Å². The molecule has 1 aliphatic carbocycles. The van der Waals surface area contributed by atoms with Gasteiger partial charge in [-0.15, -0.1) is 0 Å². The maximum atomic E-state index is 12.0. The number of rotatable bonds is 4. The first-order valence-corrected chi connectivity index (χ1v) is 7.41. The Labute approximate surface area is 120 Å². The molecule has 2 fully saturated rings. The van der Waals surface area contributed by atoms with Crippen molar-refractivity contribution in [2.75, 3.05) is 13.2 Å². The topological polar surface area (TPSA) is 75.6 Å². The van der Waals surface area contributed by atoms with E-state index in [1.807, 2.05) is 0 Å². The maximum Gasteiger partial charge on any atom is 0.319 e. The number of ether oxygens (including phenoxy) is 1. The van der Waals surface area contributed by atoms with Crippen molar-refractivity contribution in [1.29, 1.82) is 0 Å². The summed E-state index contributed by atoms with van der Waals surface area (Å²) in [5.41, 5.74) is -1.12. The van der Waals surface area contributed by atoms with Crippen molar-refractivity contribution in [1.82, 2.24) is 5.32 Å². The maximum absolute atomic E-state index is 12.0. The van der Waals surface area contributed by atoms with Crippen LogP contribution in [0.25, 0.3) is 0 Å². The standard InChI is InChI=1S/C15H25NO4/c1-14(2,3)11-10(5-4-8-20-11)9-16-12(17)15(6-7-15)13(18)19/h10-11H,4-9H2,1-3H3,(H,16,17)(H,18,19)/t10-,11+/m1/s1. The van der Waals surface area contributed by atoms with Crippen LogP contribution in [0.2, 0.25) is 0 Å². The Balaban J connectivity index is 1.92. The van der Waals surface area contributed by atoms with Gasteiger partial charge in [-0.1, -0.05) is 20.8 Å². The van der Waals surface area contributed by atoms with E-state index in [4.69, 9.17) is 9.84 Å². The fourth-order valence-electron chi connectivity index (χ4n) is 3.07. The molecular formula is C15H25NO4. The predicted molar refractivity (Wildman–Crippen MR) is 74.2 cm³/mol. The lowest BCUT2D eigenvalue weighted by molar-refractivity contribution is -0.149. The third-order valence-corrected chi connectivity index (χ3v) is 4.42. The van der Waals surface area contributed by atoms with Crippen LogP contribution in [-0.2, 0) is 14.3 Å². The number of nitrogens with one attached hydrogen (secondary N) is 1. The van der Waals surface area contributed by atoms with Gasteiger partial charge in [0.2, 0.25) is 5.91 Å². The van der Waals surface area contributed by atoms with Crippen LogP contribution in [0, 0.1) is 16.7 Å². The van der Waals surface area contributed by atoms with Crippen molar-refractivity contribution in [3.8, 4) is 0 Å². The first kappa shape index (κ1) is 15.3. The van der Waals surface area contributed by atoms with Gasteiger partial charge in [0, 0.05) is 19.1 Å². The quantitative estimate of drug-likeness (QED) is 0.772. The van der Waals surface area contributed by atoms with Gasteiger partial charge in [-0.25, -0.2) is 0 Å². The highest BCUT2D eigenvalue weighted by molar-refractivity contribution is 6.04. The Morgan fingerprint density at radius 2 is 2.00 bits per heavy atom. The normalized spacial score (nSPS) is 28.8. The number of hydrogen-bond donors (Lipinski definition) is 2. The van der Waals surface area contributed by atoms with E-state index >= 15 is 0 Å². The summed E-state index contributed by atoms with van der Waals surface area (Å²) in [5, 5.41) is 11.9. The Morgan fingerprint density at radius 3 is 2.50 bits per heavy atom. The molecule has 5 heteroatoms. The summed E-state index contributed by atoms with van der Waals surface area (Å²) in [6.45, 7) is 7.69. The van der Waals surface area contributed by atoms with E-state index in [2.05, 4.69) is 26.1 Å². The van der Waals surface area contributed by atoms with Gasteiger partial charge in [-0.2, -0.15) is 0 Å². The summed E-state index contributed by atoms with van der Waals surface area (Å²) in [5.74, 6) is -1.07. The van der Waals surface area contributed by atoms with Crippen molar-refractivity contribution in [3.63, 3.8) is 0 Å². The van der Waals surface area contributed by atoms with Crippen molar-refractivity contribution in [2.45, 2.75) is 52.6 Å². The van der Waals surface area contributed by atoms with E-state index < -0.39 is 11.4 Å². The van der Waals surface area contributed by atoms with Crippen LogP contribution < -0.4 is 5.32 Å². The summed E-state index contributed by atoms with van der Waals surface area (Å²) in [4.78, 5) is 23.1. The van der Waals surface area contributed by atoms with Crippen molar-refractivity contribution < 1.29 is 19.4 Å². The highest BCUT2D eigenvalue weighted by Crippen LogP contribution is 2.46. The van der Waals surface area contributed by atoms with Gasteiger partial charge < -0.3 is 15.2 Å². The Morgan fingerprint density at radius 1 is 1.35 bits per heavy atom. The number of amides is 1. The molecule has 1 amide bonds. The first-order valence-electron chi connectivity index (χ1n) is 7.41. The Kier molecular flexibility index (Phi) is 4.09. The first-order chi connectivity index (χ1) is 9.27. The highest BCUT2D eigenvalue weighted by Gasteiger charge is 2.57. The highest BCUT2D eigenvalue weighted by atomic mass is 16.5. The lowest BCUT2D eigenvalue weighted by Crippen LogP contribution is -2.47. The number of carbonyl (C=O) groups is 2. The van der Waals surface area contributed by atoms with Crippen molar-refractivity contribution >= 4 is 11.9 Å². The van der Waals surface area contributed by atoms with Crippen LogP contribution in [0.4, 0.5) is 0 Å². The average molecular weight is 283 g/mol. The second kappa shape index (κ2) is 5.35. The molecule has 2 aliphatic rings. The van der Waals surface area contributed by atoms with Crippen LogP contribution in [0.1, 0.15) is 46.5 Å². The smallest absolute Gasteiger partial charge is 0.319 e. The zero-order chi connectivity index (χ0) is 15.0. The lowest BCUT2D eigenvalue weighted by atomic mass is 9.78. The molecule has 0 radical (unpaired) electrons. The van der Waals surface area contributed by atoms with Crippen LogP contribution in [-0.4, -0.2) is 36.2 Å². The monoisotopic (exact) mass is 283 g/mol.